The molecule has 3 heterocycles. The van der Waals surface area contributed by atoms with Crippen molar-refractivity contribution in [1.82, 2.24) is 19.8 Å². The van der Waals surface area contributed by atoms with Gasteiger partial charge in [-0.2, -0.15) is 26.5 Å². The molecule has 1 aliphatic rings. The highest BCUT2D eigenvalue weighted by atomic mass is 19.4. The van der Waals surface area contributed by atoms with E-state index in [0.29, 0.717) is 36.3 Å². The largest absolute Gasteiger partial charge is 0.453 e. The molecule has 13 heteroatoms. The molecule has 8 nitrogen and oxygen atoms in total. The number of ether oxygens (including phenoxy) is 1. The molecule has 0 bridgehead atoms. The maximum atomic E-state index is 13.1. The van der Waals surface area contributed by atoms with Gasteiger partial charge >= 0.3 is 12.8 Å². The van der Waals surface area contributed by atoms with E-state index < -0.39 is 24.5 Å². The Labute approximate surface area is 178 Å². The third-order valence-corrected chi connectivity index (χ3v) is 5.05. The molecule has 4 rings (SSSR count). The van der Waals surface area contributed by atoms with Gasteiger partial charge in [-0.05, 0) is 37.1 Å². The van der Waals surface area contributed by atoms with Crippen molar-refractivity contribution < 1.29 is 31.5 Å². The second kappa shape index (κ2) is 8.55. The van der Waals surface area contributed by atoms with Crippen LogP contribution >= 0.6 is 0 Å². The molecule has 3 aromatic rings. The predicted octanol–water partition coefficient (Wildman–Crippen LogP) is 3.60. The summed E-state index contributed by atoms with van der Waals surface area (Å²) < 4.78 is 69.4. The van der Waals surface area contributed by atoms with Crippen molar-refractivity contribution >= 4 is 23.1 Å². The van der Waals surface area contributed by atoms with Gasteiger partial charge in [-0.15, -0.1) is 15.3 Å². The number of nitrogens with one attached hydrogen (secondary N) is 1. The van der Waals surface area contributed by atoms with E-state index in [1.807, 2.05) is 0 Å². The first kappa shape index (κ1) is 21.7. The summed E-state index contributed by atoms with van der Waals surface area (Å²) in [4.78, 5) is 14.4. The molecule has 1 saturated heterocycles. The normalized spacial score (nSPS) is 15.4. The smallest absolute Gasteiger partial charge is 0.433 e. The molecule has 0 saturated carbocycles. The quantitative estimate of drug-likeness (QED) is 0.591. The summed E-state index contributed by atoms with van der Waals surface area (Å²) in [5.41, 5.74) is 0.111. The first-order valence-electron chi connectivity index (χ1n) is 9.61. The summed E-state index contributed by atoms with van der Waals surface area (Å²) in [6.45, 7) is -2.28. The minimum atomic E-state index is -4.69. The van der Waals surface area contributed by atoms with Gasteiger partial charge < -0.3 is 15.0 Å². The second-order valence-electron chi connectivity index (χ2n) is 7.11. The number of nitrogens with zero attached hydrogens (tertiary/aromatic N) is 5. The number of carbonyl (C=O) groups excluding carboxylic acids is 1. The molecule has 1 aliphatic heterocycles. The van der Waals surface area contributed by atoms with Gasteiger partial charge in [0.1, 0.15) is 11.6 Å². The topological polar surface area (TPSA) is 84.6 Å². The van der Waals surface area contributed by atoms with Gasteiger partial charge in [0.2, 0.25) is 5.91 Å². The summed E-state index contributed by atoms with van der Waals surface area (Å²) in [7, 11) is 0. The van der Waals surface area contributed by atoms with Gasteiger partial charge in [0.05, 0.1) is 5.69 Å². The molecule has 0 spiro atoms. The van der Waals surface area contributed by atoms with Crippen LogP contribution in [-0.4, -0.2) is 45.4 Å². The predicted molar refractivity (Wildman–Crippen MR) is 102 cm³/mol. The van der Waals surface area contributed by atoms with Crippen molar-refractivity contribution in [3.8, 4) is 5.75 Å². The van der Waals surface area contributed by atoms with Crippen molar-refractivity contribution in [1.29, 1.82) is 0 Å². The minimum Gasteiger partial charge on any atom is -0.433 e. The van der Waals surface area contributed by atoms with E-state index in [1.165, 1.54) is 24.3 Å². The molecule has 0 aliphatic carbocycles. The fourth-order valence-corrected chi connectivity index (χ4v) is 3.50. The molecule has 1 N–H and O–H groups in total. The Kier molecular flexibility index (Phi) is 5.80. The summed E-state index contributed by atoms with van der Waals surface area (Å²) in [6.07, 6.45) is -3.89. The number of fused-ring (bicyclic) bond motifs is 1. The number of rotatable bonds is 5. The van der Waals surface area contributed by atoms with Crippen molar-refractivity contribution in [2.75, 3.05) is 23.3 Å². The standard InChI is InChI=1S/C19H17F5N6O2/c20-18(21)32-13-4-2-1-3-12(13)25-16(31)11-7-9-29(10-8-11)15-6-5-14-26-27-17(19(22,23)24)30(14)28-15/h1-6,11,18H,7-10H2,(H,25,31). The molecule has 170 valence electrons. The molecule has 0 unspecified atom stereocenters. The van der Waals surface area contributed by atoms with E-state index in [-0.39, 0.29) is 23.0 Å². The van der Waals surface area contributed by atoms with Gasteiger partial charge in [-0.25, -0.2) is 0 Å². The highest BCUT2D eigenvalue weighted by Crippen LogP contribution is 2.30. The molecule has 0 atom stereocenters. The van der Waals surface area contributed by atoms with Crippen LogP contribution in [0.2, 0.25) is 0 Å². The maximum Gasteiger partial charge on any atom is 0.453 e. The Morgan fingerprint density at radius 1 is 1.09 bits per heavy atom. The number of hydrogen-bond donors (Lipinski definition) is 1. The van der Waals surface area contributed by atoms with Crippen LogP contribution in [0.25, 0.3) is 5.65 Å². The fourth-order valence-electron chi connectivity index (χ4n) is 3.50. The van der Waals surface area contributed by atoms with Crippen molar-refractivity contribution in [2.45, 2.75) is 25.6 Å². The van der Waals surface area contributed by atoms with E-state index in [9.17, 15) is 26.7 Å². The van der Waals surface area contributed by atoms with Crippen molar-refractivity contribution in [3.05, 3.63) is 42.2 Å². The number of anilines is 2. The molecule has 1 fully saturated rings. The number of carbonyl (C=O) groups is 1. The number of alkyl halides is 5. The zero-order chi connectivity index (χ0) is 22.9. The fraction of sp³-hybridized carbons (Fsp3) is 0.368. The van der Waals surface area contributed by atoms with Crippen LogP contribution in [-0.2, 0) is 11.0 Å². The Morgan fingerprint density at radius 2 is 1.81 bits per heavy atom. The minimum absolute atomic E-state index is 0.0278. The summed E-state index contributed by atoms with van der Waals surface area (Å²) in [5.74, 6) is -1.81. The third kappa shape index (κ3) is 4.55. The third-order valence-electron chi connectivity index (χ3n) is 5.05. The summed E-state index contributed by atoms with van der Waals surface area (Å²) in [6, 6.07) is 8.81. The lowest BCUT2D eigenvalue weighted by Gasteiger charge is -2.32. The van der Waals surface area contributed by atoms with Crippen LogP contribution in [0, 0.1) is 5.92 Å². The Hall–Kier alpha value is -3.51. The van der Waals surface area contributed by atoms with E-state index >= 15 is 0 Å². The lowest BCUT2D eigenvalue weighted by molar-refractivity contribution is -0.146. The molecule has 32 heavy (non-hydrogen) atoms. The number of piperidine rings is 1. The first-order chi connectivity index (χ1) is 15.2. The van der Waals surface area contributed by atoms with Crippen LogP contribution in [0.1, 0.15) is 18.7 Å². The van der Waals surface area contributed by atoms with Gasteiger partial charge in [0.15, 0.2) is 5.65 Å². The molecular weight excluding hydrogens is 439 g/mol. The molecule has 0 radical (unpaired) electrons. The SMILES string of the molecule is O=C(Nc1ccccc1OC(F)F)C1CCN(c2ccc3nnc(C(F)(F)F)n3n2)CC1. The van der Waals surface area contributed by atoms with Gasteiger partial charge in [-0.1, -0.05) is 12.1 Å². The van der Waals surface area contributed by atoms with Crippen LogP contribution in [0.15, 0.2) is 36.4 Å². The van der Waals surface area contributed by atoms with E-state index in [4.69, 9.17) is 0 Å². The number of aromatic nitrogens is 4. The number of para-hydroxylation sites is 2. The number of amides is 1. The van der Waals surface area contributed by atoms with E-state index in [2.05, 4.69) is 25.3 Å². The molecule has 1 aromatic carbocycles. The van der Waals surface area contributed by atoms with Gasteiger partial charge in [-0.3, -0.25) is 4.79 Å². The summed E-state index contributed by atoms with van der Waals surface area (Å²) in [5, 5.41) is 13.2. The van der Waals surface area contributed by atoms with Crippen molar-refractivity contribution in [3.63, 3.8) is 0 Å². The van der Waals surface area contributed by atoms with Crippen LogP contribution in [0.3, 0.4) is 0 Å². The molecular formula is C19H17F5N6O2. The van der Waals surface area contributed by atoms with Crippen LogP contribution < -0.4 is 15.0 Å². The van der Waals surface area contributed by atoms with Gasteiger partial charge in [0.25, 0.3) is 5.82 Å². The Bertz CT molecular complexity index is 1110. The zero-order valence-corrected chi connectivity index (χ0v) is 16.4. The monoisotopic (exact) mass is 456 g/mol. The lowest BCUT2D eigenvalue weighted by Crippen LogP contribution is -2.38. The number of hydrogen-bond acceptors (Lipinski definition) is 6. The molecule has 2 aromatic heterocycles. The zero-order valence-electron chi connectivity index (χ0n) is 16.4. The Morgan fingerprint density at radius 3 is 2.50 bits per heavy atom. The van der Waals surface area contributed by atoms with Crippen LogP contribution in [0.5, 0.6) is 5.75 Å². The maximum absolute atomic E-state index is 13.1. The summed E-state index contributed by atoms with van der Waals surface area (Å²) >= 11 is 0. The first-order valence-corrected chi connectivity index (χ1v) is 9.61. The lowest BCUT2D eigenvalue weighted by atomic mass is 9.95. The average Bonchev–Trinajstić information content (AvgIpc) is 3.19. The van der Waals surface area contributed by atoms with Crippen LogP contribution in [0.4, 0.5) is 33.5 Å². The second-order valence-corrected chi connectivity index (χ2v) is 7.11. The number of benzene rings is 1. The number of halogens is 5. The molecule has 1 amide bonds. The van der Waals surface area contributed by atoms with E-state index in [0.717, 1.165) is 0 Å². The highest BCUT2D eigenvalue weighted by molar-refractivity contribution is 5.94. The van der Waals surface area contributed by atoms with Crippen molar-refractivity contribution in [2.24, 2.45) is 5.92 Å². The van der Waals surface area contributed by atoms with E-state index in [1.54, 1.807) is 17.0 Å². The van der Waals surface area contributed by atoms with Gasteiger partial charge in [0, 0.05) is 19.0 Å². The average molecular weight is 456 g/mol. The highest BCUT2D eigenvalue weighted by Gasteiger charge is 2.38. The Balaban J connectivity index is 1.42.